The number of hydrogen-bond donors (Lipinski definition) is 3. The molecule has 7 heteroatoms. The minimum atomic E-state index is -1.10. The van der Waals surface area contributed by atoms with Gasteiger partial charge in [0.25, 0.3) is 5.91 Å². The van der Waals surface area contributed by atoms with E-state index in [1.54, 1.807) is 0 Å². The van der Waals surface area contributed by atoms with Crippen molar-refractivity contribution in [2.24, 2.45) is 0 Å². The number of nitrogens with zero attached hydrogens (tertiary/aromatic N) is 1. The molecule has 1 unspecified atom stereocenters. The highest BCUT2D eigenvalue weighted by Crippen LogP contribution is 2.30. The first-order valence-corrected chi connectivity index (χ1v) is 5.06. The average Bonchev–Trinajstić information content (AvgIpc) is 2.60. The number of aromatic nitrogens is 1. The first-order valence-electron chi connectivity index (χ1n) is 5.06. The predicted octanol–water partition coefficient (Wildman–Crippen LogP) is -0.0260. The van der Waals surface area contributed by atoms with Crippen LogP contribution in [0, 0.1) is 0 Å². The summed E-state index contributed by atoms with van der Waals surface area (Å²) < 4.78 is 5.44. The highest BCUT2D eigenvalue weighted by atomic mass is 16.5. The molecule has 1 aliphatic rings. The summed E-state index contributed by atoms with van der Waals surface area (Å²) in [6.07, 6.45) is -0.630. The molecule has 2 rings (SSSR count). The topological polar surface area (TPSA) is 94.7 Å². The Morgan fingerprint density at radius 1 is 1.59 bits per heavy atom. The molecule has 0 saturated carbocycles. The second kappa shape index (κ2) is 4.10. The van der Waals surface area contributed by atoms with Gasteiger partial charge in [-0.1, -0.05) is 0 Å². The molecule has 0 spiro atoms. The maximum absolute atomic E-state index is 11.6. The third-order valence-corrected chi connectivity index (χ3v) is 2.35. The lowest BCUT2D eigenvalue weighted by Gasteiger charge is -2.25. The summed E-state index contributed by atoms with van der Waals surface area (Å²) in [4.78, 5) is 26.8. The summed E-state index contributed by atoms with van der Waals surface area (Å²) in [6, 6.07) is 1.36. The van der Waals surface area contributed by atoms with Gasteiger partial charge < -0.3 is 25.0 Å². The van der Waals surface area contributed by atoms with Gasteiger partial charge in [-0.15, -0.1) is 0 Å². The summed E-state index contributed by atoms with van der Waals surface area (Å²) in [5.74, 6) is -0.734. The van der Waals surface area contributed by atoms with Crippen LogP contribution < -0.4 is 10.1 Å². The van der Waals surface area contributed by atoms with Crippen molar-refractivity contribution in [2.75, 3.05) is 26.0 Å². The van der Waals surface area contributed by atoms with Gasteiger partial charge in [-0.3, -0.25) is 4.79 Å². The van der Waals surface area contributed by atoms with Crippen LogP contribution in [-0.2, 0) is 4.79 Å². The Labute approximate surface area is 97.4 Å². The van der Waals surface area contributed by atoms with Crippen LogP contribution in [0.25, 0.3) is 0 Å². The van der Waals surface area contributed by atoms with E-state index in [2.05, 4.69) is 10.3 Å². The molecule has 3 N–H and O–H groups in total. The van der Waals surface area contributed by atoms with Crippen LogP contribution in [0.5, 0.6) is 5.75 Å². The summed E-state index contributed by atoms with van der Waals surface area (Å²) in [7, 11) is 3.65. The number of likely N-dealkylation sites (N-methyl/N-ethyl adjacent to an activating group) is 1. The van der Waals surface area contributed by atoms with Crippen molar-refractivity contribution in [1.82, 2.24) is 9.88 Å². The lowest BCUT2D eigenvalue weighted by Crippen LogP contribution is -2.43. The number of ether oxygens (including phenoxy) is 1. The van der Waals surface area contributed by atoms with Crippen molar-refractivity contribution in [3.8, 4) is 5.75 Å². The molecule has 1 aromatic rings. The van der Waals surface area contributed by atoms with Crippen molar-refractivity contribution in [2.45, 2.75) is 6.10 Å². The third kappa shape index (κ3) is 2.23. The first kappa shape index (κ1) is 11.5. The number of carbonyl (C=O) groups excluding carboxylic acids is 1. The molecule has 1 aliphatic heterocycles. The van der Waals surface area contributed by atoms with Gasteiger partial charge in [-0.25, -0.2) is 4.79 Å². The molecule has 1 aromatic heterocycles. The first-order chi connectivity index (χ1) is 7.97. The van der Waals surface area contributed by atoms with E-state index in [1.807, 2.05) is 19.0 Å². The van der Waals surface area contributed by atoms with E-state index < -0.39 is 12.1 Å². The summed E-state index contributed by atoms with van der Waals surface area (Å²) in [5, 5.41) is 11.4. The van der Waals surface area contributed by atoms with Crippen molar-refractivity contribution in [3.05, 3.63) is 11.8 Å². The number of carbonyl (C=O) groups is 2. The summed E-state index contributed by atoms with van der Waals surface area (Å²) in [6.45, 7) is 0.429. The Morgan fingerprint density at radius 2 is 2.29 bits per heavy atom. The number of H-pyrrole nitrogens is 1. The molecule has 1 atom stereocenters. The number of fused-ring (bicyclic) bond motifs is 1. The van der Waals surface area contributed by atoms with E-state index in [9.17, 15) is 9.59 Å². The van der Waals surface area contributed by atoms with E-state index in [0.717, 1.165) is 0 Å². The molecular formula is C10H13N3O4. The smallest absolute Gasteiger partial charge is 0.352 e. The predicted molar refractivity (Wildman–Crippen MR) is 59.4 cm³/mol. The lowest BCUT2D eigenvalue weighted by atomic mass is 10.2. The molecule has 1 amide bonds. The molecule has 0 aromatic carbocycles. The molecule has 0 aliphatic carbocycles. The van der Waals surface area contributed by atoms with E-state index in [1.165, 1.54) is 6.07 Å². The van der Waals surface area contributed by atoms with Crippen molar-refractivity contribution in [3.63, 3.8) is 0 Å². The molecule has 0 fully saturated rings. The van der Waals surface area contributed by atoms with Gasteiger partial charge in [0.2, 0.25) is 0 Å². The Morgan fingerprint density at radius 3 is 2.88 bits per heavy atom. The maximum atomic E-state index is 11.6. The SMILES string of the molecule is CN(C)CC1Oc2cc(C(=O)O)[nH]c2NC1=O. The molecule has 92 valence electrons. The highest BCUT2D eigenvalue weighted by molar-refractivity contribution is 5.98. The zero-order valence-electron chi connectivity index (χ0n) is 9.48. The third-order valence-electron chi connectivity index (χ3n) is 2.35. The quantitative estimate of drug-likeness (QED) is 0.688. The van der Waals surface area contributed by atoms with Gasteiger partial charge in [-0.05, 0) is 14.1 Å². The van der Waals surface area contributed by atoms with Crippen molar-refractivity contribution < 1.29 is 19.4 Å². The molecular weight excluding hydrogens is 226 g/mol. The Balaban J connectivity index is 2.22. The van der Waals surface area contributed by atoms with E-state index >= 15 is 0 Å². The van der Waals surface area contributed by atoms with Crippen molar-refractivity contribution in [1.29, 1.82) is 0 Å². The number of hydrogen-bond acceptors (Lipinski definition) is 4. The van der Waals surface area contributed by atoms with Gasteiger partial charge in [0.05, 0.1) is 0 Å². The standard InChI is InChI=1S/C10H13N3O4/c1-13(2)4-7-9(14)12-8-6(17-7)3-5(11-8)10(15)16/h3,7,11H,4H2,1-2H3,(H,12,14)(H,15,16). The van der Waals surface area contributed by atoms with Gasteiger partial charge in [-0.2, -0.15) is 0 Å². The van der Waals surface area contributed by atoms with E-state index in [0.29, 0.717) is 18.1 Å². The number of amides is 1. The number of carboxylic acids is 1. The number of nitrogens with one attached hydrogen (secondary N) is 2. The van der Waals surface area contributed by atoms with Crippen LogP contribution in [0.15, 0.2) is 6.07 Å². The number of aromatic amines is 1. The van der Waals surface area contributed by atoms with E-state index in [-0.39, 0.29) is 11.6 Å². The van der Waals surface area contributed by atoms with Crippen LogP contribution in [-0.4, -0.2) is 53.6 Å². The molecule has 2 heterocycles. The van der Waals surface area contributed by atoms with Crippen LogP contribution in [0.3, 0.4) is 0 Å². The maximum Gasteiger partial charge on any atom is 0.352 e. The molecule has 7 nitrogen and oxygen atoms in total. The lowest BCUT2D eigenvalue weighted by molar-refractivity contribution is -0.124. The Hall–Kier alpha value is -2.02. The van der Waals surface area contributed by atoms with Gasteiger partial charge in [0.1, 0.15) is 5.69 Å². The summed E-state index contributed by atoms with van der Waals surface area (Å²) >= 11 is 0. The molecule has 0 radical (unpaired) electrons. The monoisotopic (exact) mass is 239 g/mol. The van der Waals surface area contributed by atoms with Gasteiger partial charge >= 0.3 is 5.97 Å². The van der Waals surface area contributed by atoms with Crippen LogP contribution in [0.1, 0.15) is 10.5 Å². The second-order valence-corrected chi connectivity index (χ2v) is 4.09. The minimum Gasteiger partial charge on any atom is -0.477 e. The number of aromatic carboxylic acids is 1. The van der Waals surface area contributed by atoms with Gasteiger partial charge in [0.15, 0.2) is 17.7 Å². The molecule has 0 saturated heterocycles. The van der Waals surface area contributed by atoms with Gasteiger partial charge in [0, 0.05) is 12.6 Å². The Kier molecular flexibility index (Phi) is 2.76. The second-order valence-electron chi connectivity index (χ2n) is 4.09. The average molecular weight is 239 g/mol. The highest BCUT2D eigenvalue weighted by Gasteiger charge is 2.30. The molecule has 0 bridgehead atoms. The van der Waals surface area contributed by atoms with E-state index in [4.69, 9.17) is 9.84 Å². The normalized spacial score (nSPS) is 18.5. The van der Waals surface area contributed by atoms with Crippen molar-refractivity contribution >= 4 is 17.7 Å². The number of anilines is 1. The fourth-order valence-electron chi connectivity index (χ4n) is 1.60. The fourth-order valence-corrected chi connectivity index (χ4v) is 1.60. The number of rotatable bonds is 3. The Bertz CT molecular complexity index is 466. The summed E-state index contributed by atoms with van der Waals surface area (Å²) in [5.41, 5.74) is -0.0131. The van der Waals surface area contributed by atoms with Crippen LogP contribution >= 0.6 is 0 Å². The number of carboxylic acid groups (broad SMARTS) is 1. The minimum absolute atomic E-state index is 0.0131. The van der Waals surface area contributed by atoms with Crippen LogP contribution in [0.2, 0.25) is 0 Å². The largest absolute Gasteiger partial charge is 0.477 e. The zero-order chi connectivity index (χ0) is 12.6. The fraction of sp³-hybridized carbons (Fsp3) is 0.400. The molecule has 17 heavy (non-hydrogen) atoms. The van der Waals surface area contributed by atoms with Crippen LogP contribution in [0.4, 0.5) is 5.82 Å². The zero-order valence-corrected chi connectivity index (χ0v) is 9.48.